The Kier molecular flexibility index (Phi) is 1.93. The molecule has 0 radical (unpaired) electrons. The summed E-state index contributed by atoms with van der Waals surface area (Å²) in [5.41, 5.74) is 1.11. The first-order valence-corrected chi connectivity index (χ1v) is 4.91. The Bertz CT molecular complexity index is 513. The Hall–Kier alpha value is -1.55. The van der Waals surface area contributed by atoms with Crippen molar-refractivity contribution < 1.29 is 15.0 Å². The fourth-order valence-electron chi connectivity index (χ4n) is 1.42. The smallest absolute Gasteiger partial charge is 0.337 e. The Morgan fingerprint density at radius 1 is 1.43 bits per heavy atom. The monoisotopic (exact) mass is 208 g/mol. The number of aromatic hydroxyl groups is 1. The predicted molar refractivity (Wildman–Crippen MR) is 55.2 cm³/mol. The lowest BCUT2D eigenvalue weighted by atomic mass is 10.1. The average Bonchev–Trinajstić information content (AvgIpc) is 2.47. The van der Waals surface area contributed by atoms with Crippen LogP contribution in [0.4, 0.5) is 0 Å². The zero-order chi connectivity index (χ0) is 10.3. The summed E-state index contributed by atoms with van der Waals surface area (Å²) in [7, 11) is 0. The molecule has 2 rings (SSSR count). The van der Waals surface area contributed by atoms with Gasteiger partial charge >= 0.3 is 5.97 Å². The van der Waals surface area contributed by atoms with E-state index in [1.54, 1.807) is 17.5 Å². The van der Waals surface area contributed by atoms with E-state index in [0.29, 0.717) is 10.1 Å². The normalized spacial score (nSPS) is 10.6. The Morgan fingerprint density at radius 3 is 2.79 bits per heavy atom. The maximum atomic E-state index is 10.8. The number of rotatable bonds is 1. The minimum absolute atomic E-state index is 0.150. The summed E-state index contributed by atoms with van der Waals surface area (Å²) in [4.78, 5) is 10.8. The topological polar surface area (TPSA) is 57.5 Å². The van der Waals surface area contributed by atoms with E-state index < -0.39 is 5.97 Å². The number of phenolic OH excluding ortho intramolecular Hbond substituents is 1. The van der Waals surface area contributed by atoms with E-state index in [1.807, 2.05) is 6.92 Å². The van der Waals surface area contributed by atoms with Crippen LogP contribution in [0.2, 0.25) is 0 Å². The van der Waals surface area contributed by atoms with Crippen molar-refractivity contribution in [2.45, 2.75) is 6.92 Å². The second-order valence-corrected chi connectivity index (χ2v) is 3.99. The lowest BCUT2D eigenvalue weighted by Gasteiger charge is -1.98. The predicted octanol–water partition coefficient (Wildman–Crippen LogP) is 2.61. The molecule has 0 bridgehead atoms. The Balaban J connectivity index is 2.85. The zero-order valence-corrected chi connectivity index (χ0v) is 8.26. The van der Waals surface area contributed by atoms with Gasteiger partial charge in [0.25, 0.3) is 0 Å². The molecule has 1 heterocycles. The molecule has 72 valence electrons. The average molecular weight is 208 g/mol. The molecule has 0 aliphatic heterocycles. The highest BCUT2D eigenvalue weighted by Gasteiger charge is 2.13. The third kappa shape index (κ3) is 1.24. The molecule has 0 fully saturated rings. The third-order valence-corrected chi connectivity index (χ3v) is 3.05. The van der Waals surface area contributed by atoms with E-state index in [1.165, 1.54) is 11.3 Å². The fraction of sp³-hybridized carbons (Fsp3) is 0.100. The molecule has 3 nitrogen and oxygen atoms in total. The fourth-order valence-corrected chi connectivity index (χ4v) is 2.36. The first-order valence-electron chi connectivity index (χ1n) is 4.03. The zero-order valence-electron chi connectivity index (χ0n) is 7.44. The molecule has 2 aromatic rings. The molecular formula is C10H8O3S. The first kappa shape index (κ1) is 9.02. The molecule has 0 unspecified atom stereocenters. The molecule has 0 aliphatic rings. The summed E-state index contributed by atoms with van der Waals surface area (Å²) in [6.07, 6.45) is 0. The largest absolute Gasteiger partial charge is 0.506 e. The highest BCUT2D eigenvalue weighted by Crippen LogP contribution is 2.34. The number of hydrogen-bond acceptors (Lipinski definition) is 3. The van der Waals surface area contributed by atoms with Crippen LogP contribution in [0.25, 0.3) is 10.1 Å². The number of carboxylic acid groups (broad SMARTS) is 1. The van der Waals surface area contributed by atoms with Gasteiger partial charge in [-0.2, -0.15) is 0 Å². The number of hydrogen-bond donors (Lipinski definition) is 2. The molecule has 0 amide bonds. The van der Waals surface area contributed by atoms with Gasteiger partial charge in [0, 0.05) is 10.8 Å². The van der Waals surface area contributed by atoms with Crippen LogP contribution in [0.15, 0.2) is 17.5 Å². The molecule has 0 saturated heterocycles. The van der Waals surface area contributed by atoms with Crippen LogP contribution in [0.1, 0.15) is 15.9 Å². The lowest BCUT2D eigenvalue weighted by molar-refractivity contribution is 0.0699. The quantitative estimate of drug-likeness (QED) is 0.757. The molecule has 4 heteroatoms. The maximum Gasteiger partial charge on any atom is 0.337 e. The summed E-state index contributed by atoms with van der Waals surface area (Å²) in [5.74, 6) is -0.807. The lowest BCUT2D eigenvalue weighted by Crippen LogP contribution is -1.93. The molecule has 1 aromatic carbocycles. The van der Waals surface area contributed by atoms with E-state index in [9.17, 15) is 9.90 Å². The van der Waals surface area contributed by atoms with E-state index in [0.717, 1.165) is 5.56 Å². The van der Waals surface area contributed by atoms with Crippen LogP contribution in [0.5, 0.6) is 5.75 Å². The number of fused-ring (bicyclic) bond motifs is 1. The molecule has 0 saturated carbocycles. The van der Waals surface area contributed by atoms with Gasteiger partial charge in [0.05, 0.1) is 10.3 Å². The number of benzene rings is 1. The summed E-state index contributed by atoms with van der Waals surface area (Å²) in [6, 6.07) is 3.40. The van der Waals surface area contributed by atoms with Crippen LogP contribution >= 0.6 is 11.3 Å². The van der Waals surface area contributed by atoms with Crippen LogP contribution in [-0.2, 0) is 0 Å². The number of thiophene rings is 1. The van der Waals surface area contributed by atoms with E-state index in [-0.39, 0.29) is 11.3 Å². The molecule has 0 aliphatic carbocycles. The van der Waals surface area contributed by atoms with Gasteiger partial charge in [-0.3, -0.25) is 0 Å². The van der Waals surface area contributed by atoms with Crippen molar-refractivity contribution in [3.8, 4) is 5.75 Å². The van der Waals surface area contributed by atoms with Crippen LogP contribution in [0.3, 0.4) is 0 Å². The number of aromatic carboxylic acids is 1. The van der Waals surface area contributed by atoms with Gasteiger partial charge < -0.3 is 10.2 Å². The number of aryl methyl sites for hydroxylation is 1. The summed E-state index contributed by atoms with van der Waals surface area (Å²) in [6.45, 7) is 1.82. The maximum absolute atomic E-state index is 10.8. The second-order valence-electron chi connectivity index (χ2n) is 3.12. The van der Waals surface area contributed by atoms with Gasteiger partial charge in [0.2, 0.25) is 0 Å². The molecule has 1 aromatic heterocycles. The van der Waals surface area contributed by atoms with Gasteiger partial charge in [-0.25, -0.2) is 4.79 Å². The van der Waals surface area contributed by atoms with Crippen molar-refractivity contribution in [1.29, 1.82) is 0 Å². The van der Waals surface area contributed by atoms with Gasteiger partial charge in [-0.1, -0.05) is 0 Å². The van der Waals surface area contributed by atoms with Crippen molar-refractivity contribution in [1.82, 2.24) is 0 Å². The van der Waals surface area contributed by atoms with E-state index in [4.69, 9.17) is 5.11 Å². The number of phenols is 1. The van der Waals surface area contributed by atoms with Crippen LogP contribution in [0, 0.1) is 6.92 Å². The van der Waals surface area contributed by atoms with Gasteiger partial charge in [-0.15, -0.1) is 11.3 Å². The van der Waals surface area contributed by atoms with Crippen LogP contribution < -0.4 is 0 Å². The highest BCUT2D eigenvalue weighted by atomic mass is 32.1. The summed E-state index contributed by atoms with van der Waals surface area (Å²) in [5, 5.41) is 20.6. The molecule has 2 N–H and O–H groups in total. The third-order valence-electron chi connectivity index (χ3n) is 2.03. The van der Waals surface area contributed by atoms with Crippen molar-refractivity contribution in [2.75, 3.05) is 0 Å². The van der Waals surface area contributed by atoms with Crippen LogP contribution in [-0.4, -0.2) is 16.2 Å². The SMILES string of the molecule is Cc1cc(O)c2scc(C(=O)O)c2c1. The number of carbonyl (C=O) groups is 1. The minimum atomic E-state index is -0.957. The van der Waals surface area contributed by atoms with E-state index >= 15 is 0 Å². The van der Waals surface area contributed by atoms with Crippen molar-refractivity contribution >= 4 is 27.4 Å². The molecular weight excluding hydrogens is 200 g/mol. The molecule has 0 atom stereocenters. The summed E-state index contributed by atoms with van der Waals surface area (Å²) >= 11 is 1.25. The second kappa shape index (κ2) is 2.99. The minimum Gasteiger partial charge on any atom is -0.506 e. The van der Waals surface area contributed by atoms with Crippen molar-refractivity contribution in [2.24, 2.45) is 0 Å². The Morgan fingerprint density at radius 2 is 2.14 bits per heavy atom. The van der Waals surface area contributed by atoms with Crippen molar-refractivity contribution in [3.05, 3.63) is 28.6 Å². The molecule has 14 heavy (non-hydrogen) atoms. The van der Waals surface area contributed by atoms with Gasteiger partial charge in [0.1, 0.15) is 5.75 Å². The van der Waals surface area contributed by atoms with Gasteiger partial charge in [-0.05, 0) is 24.6 Å². The highest BCUT2D eigenvalue weighted by molar-refractivity contribution is 7.18. The van der Waals surface area contributed by atoms with Crippen molar-refractivity contribution in [3.63, 3.8) is 0 Å². The molecule has 0 spiro atoms. The van der Waals surface area contributed by atoms with E-state index in [2.05, 4.69) is 0 Å². The summed E-state index contributed by atoms with van der Waals surface area (Å²) < 4.78 is 0.632. The first-order chi connectivity index (χ1) is 6.59. The van der Waals surface area contributed by atoms with Gasteiger partial charge in [0.15, 0.2) is 0 Å². The Labute approximate surface area is 84.2 Å². The standard InChI is InChI=1S/C10H8O3S/c1-5-2-6-7(10(12)13)4-14-9(6)8(11)3-5/h2-4,11H,1H3,(H,12,13). The number of carboxylic acids is 1.